The molecule has 1 N–H and O–H groups in total. The first-order valence-electron chi connectivity index (χ1n) is 9.24. The normalized spacial score (nSPS) is 15.0. The summed E-state index contributed by atoms with van der Waals surface area (Å²) in [5.74, 6) is 0.348. The van der Waals surface area contributed by atoms with Gasteiger partial charge in [0.2, 0.25) is 5.91 Å². The molecule has 3 heterocycles. The number of amides is 1. The van der Waals surface area contributed by atoms with Crippen LogP contribution in [0, 0.1) is 0 Å². The Hall–Kier alpha value is -2.00. The molecule has 4 rings (SSSR count). The van der Waals surface area contributed by atoms with E-state index in [2.05, 4.69) is 38.4 Å². The Balaban J connectivity index is 1.31. The SMILES string of the molecule is O=C(CSc1ncnc2sccc12)NCc1ccccc1CN1CCOCC1. The zero-order valence-electron chi connectivity index (χ0n) is 15.5. The number of nitrogens with zero attached hydrogens (tertiary/aromatic N) is 3. The molecule has 1 aliphatic heterocycles. The number of nitrogens with one attached hydrogen (secondary N) is 1. The topological polar surface area (TPSA) is 67.4 Å². The second kappa shape index (κ2) is 9.47. The van der Waals surface area contributed by atoms with Gasteiger partial charge in [-0.2, -0.15) is 0 Å². The first kappa shape index (κ1) is 19.3. The molecule has 1 aromatic carbocycles. The standard InChI is InChI=1S/C20H22N4O2S2/c25-18(13-28-20-17-5-10-27-19(17)22-14-23-20)21-11-15-3-1-2-4-16(15)12-24-6-8-26-9-7-24/h1-5,10,14H,6-9,11-13H2,(H,21,25). The molecule has 1 aliphatic rings. The van der Waals surface area contributed by atoms with Crippen LogP contribution in [-0.4, -0.2) is 52.8 Å². The molecular formula is C20H22N4O2S2. The van der Waals surface area contributed by atoms with E-state index in [-0.39, 0.29) is 5.91 Å². The number of thiophene rings is 1. The van der Waals surface area contributed by atoms with Gasteiger partial charge in [0.05, 0.1) is 19.0 Å². The molecule has 0 atom stereocenters. The van der Waals surface area contributed by atoms with E-state index >= 15 is 0 Å². The number of aromatic nitrogens is 2. The van der Waals surface area contributed by atoms with Crippen molar-refractivity contribution in [2.75, 3.05) is 32.1 Å². The third-order valence-corrected chi connectivity index (χ3v) is 6.48. The van der Waals surface area contributed by atoms with Crippen molar-refractivity contribution in [2.45, 2.75) is 18.1 Å². The van der Waals surface area contributed by atoms with Crippen LogP contribution >= 0.6 is 23.1 Å². The summed E-state index contributed by atoms with van der Waals surface area (Å²) in [5, 5.41) is 6.91. The van der Waals surface area contributed by atoms with Crippen molar-refractivity contribution >= 4 is 39.2 Å². The van der Waals surface area contributed by atoms with Gasteiger partial charge in [-0.1, -0.05) is 36.0 Å². The fourth-order valence-corrected chi connectivity index (χ4v) is 4.75. The van der Waals surface area contributed by atoms with Crippen molar-refractivity contribution in [2.24, 2.45) is 0 Å². The van der Waals surface area contributed by atoms with Crippen LogP contribution in [0.2, 0.25) is 0 Å². The first-order chi connectivity index (χ1) is 13.8. The molecule has 0 aliphatic carbocycles. The summed E-state index contributed by atoms with van der Waals surface area (Å²) in [5.41, 5.74) is 2.42. The van der Waals surface area contributed by atoms with Crippen molar-refractivity contribution in [1.82, 2.24) is 20.2 Å². The van der Waals surface area contributed by atoms with Gasteiger partial charge in [-0.25, -0.2) is 9.97 Å². The van der Waals surface area contributed by atoms with Gasteiger partial charge in [0, 0.05) is 31.6 Å². The maximum atomic E-state index is 12.4. The zero-order chi connectivity index (χ0) is 19.2. The zero-order valence-corrected chi connectivity index (χ0v) is 17.1. The highest BCUT2D eigenvalue weighted by atomic mass is 32.2. The number of morpholine rings is 1. The molecule has 0 radical (unpaired) electrons. The highest BCUT2D eigenvalue weighted by molar-refractivity contribution is 8.00. The number of thioether (sulfide) groups is 1. The Morgan fingerprint density at radius 3 is 2.86 bits per heavy atom. The molecular weight excluding hydrogens is 392 g/mol. The van der Waals surface area contributed by atoms with Crippen LogP contribution < -0.4 is 5.32 Å². The van der Waals surface area contributed by atoms with Gasteiger partial charge < -0.3 is 10.1 Å². The molecule has 28 heavy (non-hydrogen) atoms. The third-order valence-electron chi connectivity index (χ3n) is 4.66. The highest BCUT2D eigenvalue weighted by Crippen LogP contribution is 2.27. The van der Waals surface area contributed by atoms with Crippen LogP contribution in [0.15, 0.2) is 47.1 Å². The summed E-state index contributed by atoms with van der Waals surface area (Å²) >= 11 is 3.03. The Labute approximate surface area is 172 Å². The van der Waals surface area contributed by atoms with Crippen LogP contribution in [0.3, 0.4) is 0 Å². The summed E-state index contributed by atoms with van der Waals surface area (Å²) in [6, 6.07) is 10.3. The van der Waals surface area contributed by atoms with Gasteiger partial charge in [0.15, 0.2) is 0 Å². The molecule has 1 amide bonds. The predicted octanol–water partition coefficient (Wildman–Crippen LogP) is 2.93. The molecule has 3 aromatic rings. The lowest BCUT2D eigenvalue weighted by atomic mass is 10.1. The summed E-state index contributed by atoms with van der Waals surface area (Å²) in [6.07, 6.45) is 1.56. The van der Waals surface area contributed by atoms with Crippen LogP contribution in [0.5, 0.6) is 0 Å². The monoisotopic (exact) mass is 414 g/mol. The summed E-state index contributed by atoms with van der Waals surface area (Å²) in [6.45, 7) is 4.91. The minimum absolute atomic E-state index is 0.00756. The van der Waals surface area contributed by atoms with Gasteiger partial charge in [-0.3, -0.25) is 9.69 Å². The Morgan fingerprint density at radius 1 is 1.18 bits per heavy atom. The number of rotatable bonds is 7. The average molecular weight is 415 g/mol. The van der Waals surface area contributed by atoms with E-state index < -0.39 is 0 Å². The molecule has 0 bridgehead atoms. The van der Waals surface area contributed by atoms with Gasteiger partial charge in [0.25, 0.3) is 0 Å². The lowest BCUT2D eigenvalue weighted by Gasteiger charge is -2.27. The molecule has 0 spiro atoms. The number of hydrogen-bond acceptors (Lipinski definition) is 7. The fourth-order valence-electron chi connectivity index (χ4n) is 3.15. The number of hydrogen-bond donors (Lipinski definition) is 1. The maximum absolute atomic E-state index is 12.4. The van der Waals surface area contributed by atoms with Gasteiger partial charge in [-0.05, 0) is 22.6 Å². The van der Waals surface area contributed by atoms with Gasteiger partial charge >= 0.3 is 0 Å². The van der Waals surface area contributed by atoms with Gasteiger partial charge in [0.1, 0.15) is 16.2 Å². The number of ether oxygens (including phenoxy) is 1. The number of fused-ring (bicyclic) bond motifs is 1. The lowest BCUT2D eigenvalue weighted by molar-refractivity contribution is -0.118. The Bertz CT molecular complexity index is 941. The summed E-state index contributed by atoms with van der Waals surface area (Å²) < 4.78 is 5.42. The number of carbonyl (C=O) groups is 1. The molecule has 1 saturated heterocycles. The average Bonchev–Trinajstić information content (AvgIpc) is 3.22. The van der Waals surface area contributed by atoms with Crippen LogP contribution in [-0.2, 0) is 22.6 Å². The third kappa shape index (κ3) is 4.88. The highest BCUT2D eigenvalue weighted by Gasteiger charge is 2.13. The Morgan fingerprint density at radius 2 is 2.00 bits per heavy atom. The van der Waals surface area contributed by atoms with Crippen molar-refractivity contribution in [1.29, 1.82) is 0 Å². The fraction of sp³-hybridized carbons (Fsp3) is 0.350. The smallest absolute Gasteiger partial charge is 0.230 e. The molecule has 0 saturated carbocycles. The molecule has 8 heteroatoms. The van der Waals surface area contributed by atoms with E-state index in [1.165, 1.54) is 17.3 Å². The van der Waals surface area contributed by atoms with Crippen molar-refractivity contribution < 1.29 is 9.53 Å². The lowest BCUT2D eigenvalue weighted by Crippen LogP contribution is -2.36. The second-order valence-electron chi connectivity index (χ2n) is 6.54. The minimum Gasteiger partial charge on any atom is -0.379 e. The van der Waals surface area contributed by atoms with Crippen molar-refractivity contribution in [3.63, 3.8) is 0 Å². The maximum Gasteiger partial charge on any atom is 0.230 e. The van der Waals surface area contributed by atoms with E-state index in [0.717, 1.165) is 53.7 Å². The minimum atomic E-state index is 0.00756. The van der Waals surface area contributed by atoms with E-state index in [9.17, 15) is 4.79 Å². The van der Waals surface area contributed by atoms with E-state index in [0.29, 0.717) is 12.3 Å². The molecule has 0 unspecified atom stereocenters. The first-order valence-corrected chi connectivity index (χ1v) is 11.1. The van der Waals surface area contributed by atoms with Gasteiger partial charge in [-0.15, -0.1) is 11.3 Å². The Kier molecular flexibility index (Phi) is 6.53. The molecule has 146 valence electrons. The number of benzene rings is 1. The van der Waals surface area contributed by atoms with Crippen LogP contribution in [0.25, 0.3) is 10.2 Å². The number of carbonyl (C=O) groups excluding carboxylic acids is 1. The molecule has 6 nitrogen and oxygen atoms in total. The van der Waals surface area contributed by atoms with Crippen molar-refractivity contribution in [3.8, 4) is 0 Å². The van der Waals surface area contributed by atoms with E-state index in [4.69, 9.17) is 4.74 Å². The largest absolute Gasteiger partial charge is 0.379 e. The second-order valence-corrected chi connectivity index (χ2v) is 8.40. The quantitative estimate of drug-likeness (QED) is 0.474. The molecule has 1 fully saturated rings. The predicted molar refractivity (Wildman–Crippen MR) is 113 cm³/mol. The van der Waals surface area contributed by atoms with Crippen LogP contribution in [0.1, 0.15) is 11.1 Å². The van der Waals surface area contributed by atoms with Crippen LogP contribution in [0.4, 0.5) is 0 Å². The summed E-state index contributed by atoms with van der Waals surface area (Å²) in [7, 11) is 0. The van der Waals surface area contributed by atoms with Crippen molar-refractivity contribution in [3.05, 3.63) is 53.2 Å². The molecule has 2 aromatic heterocycles. The van der Waals surface area contributed by atoms with E-state index in [1.54, 1.807) is 17.7 Å². The summed E-state index contributed by atoms with van der Waals surface area (Å²) in [4.78, 5) is 24.3. The van der Waals surface area contributed by atoms with E-state index in [1.807, 2.05) is 17.5 Å².